The molecule has 38 valence electrons. The molecule has 0 fully saturated rings. The molecule has 2 radical (unpaired) electrons. The van der Waals surface area contributed by atoms with Crippen LogP contribution in [-0.4, -0.2) is 16.9 Å². The van der Waals surface area contributed by atoms with Crippen LogP contribution in [0, 0.1) is 6.92 Å². The van der Waals surface area contributed by atoms with Crippen LogP contribution in [0.5, 0.6) is 0 Å². The average Bonchev–Trinajstić information content (AvgIpc) is 1.27. The Labute approximate surface area is 41.0 Å². The van der Waals surface area contributed by atoms with Gasteiger partial charge in [0, 0.05) is 6.92 Å². The maximum atomic E-state index is 9.65. The lowest BCUT2D eigenvalue weighted by Gasteiger charge is -1.80. The zero-order valence-corrected chi connectivity index (χ0v) is 3.55. The summed E-state index contributed by atoms with van der Waals surface area (Å²) in [4.78, 5) is 19.2. The molecular weight excluding hydrogens is 96.0 g/mol. The van der Waals surface area contributed by atoms with Crippen molar-refractivity contribution < 1.29 is 14.7 Å². The van der Waals surface area contributed by atoms with Crippen molar-refractivity contribution in [3.63, 3.8) is 0 Å². The summed E-state index contributed by atoms with van der Waals surface area (Å²) in [5.74, 6) is -2.00. The fourth-order valence-corrected chi connectivity index (χ4v) is 0.149. The van der Waals surface area contributed by atoms with E-state index in [1.54, 1.807) is 0 Å². The molecule has 0 saturated heterocycles. The minimum Gasteiger partial charge on any atom is -0.481 e. The smallest absolute Gasteiger partial charge is 0.310 e. The van der Waals surface area contributed by atoms with E-state index in [1.165, 1.54) is 0 Å². The van der Waals surface area contributed by atoms with E-state index in [0.29, 0.717) is 0 Å². The van der Waals surface area contributed by atoms with Gasteiger partial charge in [-0.05, 0) is 0 Å². The van der Waals surface area contributed by atoms with Gasteiger partial charge in [0.15, 0.2) is 0 Å². The third-order valence-corrected chi connectivity index (χ3v) is 0.325. The van der Waals surface area contributed by atoms with Crippen LogP contribution >= 0.6 is 0 Å². The van der Waals surface area contributed by atoms with Gasteiger partial charge in [0.1, 0.15) is 12.2 Å². The Hall–Kier alpha value is -0.860. The molecule has 0 amide bonds. The summed E-state index contributed by atoms with van der Waals surface area (Å²) in [6.45, 7) is 4.47. The van der Waals surface area contributed by atoms with E-state index in [9.17, 15) is 9.59 Å². The molecule has 0 atom stereocenters. The lowest BCUT2D eigenvalue weighted by atomic mass is 10.3. The molecule has 0 saturated carbocycles. The Balaban J connectivity index is 3.32. The van der Waals surface area contributed by atoms with E-state index in [4.69, 9.17) is 5.11 Å². The number of ketones is 1. The molecule has 1 N–H and O–H groups in total. The summed E-state index contributed by atoms with van der Waals surface area (Å²) in [7, 11) is 0. The lowest BCUT2D eigenvalue weighted by Crippen LogP contribution is -2.01. The number of carbonyl (C=O) groups is 2. The number of Topliss-reactive ketones (excluding diaryl/α,β-unsaturated/α-hetero) is 1. The van der Waals surface area contributed by atoms with Crippen molar-refractivity contribution in [2.24, 2.45) is 0 Å². The van der Waals surface area contributed by atoms with Crippen LogP contribution in [0.3, 0.4) is 0 Å². The van der Waals surface area contributed by atoms with Gasteiger partial charge in [0.2, 0.25) is 0 Å². The van der Waals surface area contributed by atoms with Crippen LogP contribution in [0.4, 0.5) is 0 Å². The first kappa shape index (κ1) is 6.14. The van der Waals surface area contributed by atoms with Crippen molar-refractivity contribution in [1.82, 2.24) is 0 Å². The molecule has 0 unspecified atom stereocenters. The van der Waals surface area contributed by atoms with E-state index >= 15 is 0 Å². The van der Waals surface area contributed by atoms with Crippen LogP contribution in [0.15, 0.2) is 0 Å². The summed E-state index contributed by atoms with van der Waals surface area (Å²) in [5.41, 5.74) is 0. The summed E-state index contributed by atoms with van der Waals surface area (Å²) in [5, 5.41) is 7.78. The van der Waals surface area contributed by atoms with Gasteiger partial charge in [-0.25, -0.2) is 0 Å². The van der Waals surface area contributed by atoms with Crippen molar-refractivity contribution in [1.29, 1.82) is 0 Å². The Bertz CT molecular complexity index is 83.1. The first-order valence-electron chi connectivity index (χ1n) is 1.63. The second kappa shape index (κ2) is 2.34. The highest BCUT2D eigenvalue weighted by Crippen LogP contribution is 1.77. The minimum atomic E-state index is -1.19. The Kier molecular flexibility index (Phi) is 2.05. The Morgan fingerprint density at radius 3 is 2.00 bits per heavy atom. The number of hydrogen-bond acceptors (Lipinski definition) is 2. The predicted molar refractivity (Wildman–Crippen MR) is 21.6 cm³/mol. The zero-order valence-electron chi connectivity index (χ0n) is 3.55. The minimum absolute atomic E-state index is 0.583. The van der Waals surface area contributed by atoms with Gasteiger partial charge >= 0.3 is 5.97 Å². The van der Waals surface area contributed by atoms with Crippen LogP contribution in [0.25, 0.3) is 0 Å². The molecule has 7 heavy (non-hydrogen) atoms. The molecule has 0 aromatic carbocycles. The maximum absolute atomic E-state index is 9.65. The molecular formula is C4H4O3. The van der Waals surface area contributed by atoms with E-state index in [0.717, 1.165) is 0 Å². The molecule has 0 aromatic rings. The molecule has 0 aromatic heterocycles. The monoisotopic (exact) mass is 100 g/mol. The first-order valence-corrected chi connectivity index (χ1v) is 1.63. The van der Waals surface area contributed by atoms with E-state index in [-0.39, 0.29) is 0 Å². The van der Waals surface area contributed by atoms with Crippen molar-refractivity contribution in [2.75, 3.05) is 0 Å². The van der Waals surface area contributed by atoms with Gasteiger partial charge in [-0.2, -0.15) is 0 Å². The fourth-order valence-electron chi connectivity index (χ4n) is 0.149. The number of rotatable bonds is 2. The molecule has 0 aliphatic rings. The van der Waals surface area contributed by atoms with E-state index in [1.807, 2.05) is 0 Å². The standard InChI is InChI=1S/C4H4O3/c1-3(5)2-4(6)7/h1H,2H2,(H,6,7). The third-order valence-electron chi connectivity index (χ3n) is 0.325. The highest BCUT2D eigenvalue weighted by Gasteiger charge is 1.98. The second-order valence-corrected chi connectivity index (χ2v) is 1.04. The molecule has 0 heterocycles. The van der Waals surface area contributed by atoms with Gasteiger partial charge in [-0.3, -0.25) is 9.59 Å². The summed E-state index contributed by atoms with van der Waals surface area (Å²) in [6, 6.07) is 0. The second-order valence-electron chi connectivity index (χ2n) is 1.04. The fraction of sp³-hybridized carbons (Fsp3) is 0.250. The van der Waals surface area contributed by atoms with Gasteiger partial charge in [0.05, 0.1) is 0 Å². The average molecular weight is 100 g/mol. The molecule has 3 nitrogen and oxygen atoms in total. The van der Waals surface area contributed by atoms with Crippen molar-refractivity contribution >= 4 is 11.8 Å². The SMILES string of the molecule is [CH]C(=O)CC(=O)O. The molecule has 0 bridgehead atoms. The van der Waals surface area contributed by atoms with Gasteiger partial charge in [-0.15, -0.1) is 0 Å². The largest absolute Gasteiger partial charge is 0.481 e. The van der Waals surface area contributed by atoms with Gasteiger partial charge in [0.25, 0.3) is 0 Å². The molecule has 0 rings (SSSR count). The van der Waals surface area contributed by atoms with Crippen LogP contribution < -0.4 is 0 Å². The molecule has 3 heteroatoms. The van der Waals surface area contributed by atoms with Crippen LogP contribution in [0.1, 0.15) is 6.42 Å². The number of aliphatic carboxylic acids is 1. The van der Waals surface area contributed by atoms with E-state index < -0.39 is 18.2 Å². The summed E-state index contributed by atoms with van der Waals surface area (Å²) < 4.78 is 0. The number of carboxylic acid groups (broad SMARTS) is 1. The van der Waals surface area contributed by atoms with Crippen molar-refractivity contribution in [3.05, 3.63) is 6.92 Å². The van der Waals surface area contributed by atoms with E-state index in [2.05, 4.69) is 6.92 Å². The maximum Gasteiger partial charge on any atom is 0.310 e. The number of carbonyl (C=O) groups excluding carboxylic acids is 1. The number of carboxylic acids is 1. The summed E-state index contributed by atoms with van der Waals surface area (Å²) in [6.07, 6.45) is -0.583. The van der Waals surface area contributed by atoms with Gasteiger partial charge < -0.3 is 5.11 Å². The topological polar surface area (TPSA) is 54.4 Å². The third kappa shape index (κ3) is 5.14. The molecule has 0 spiro atoms. The molecule has 0 aliphatic carbocycles. The zero-order chi connectivity index (χ0) is 5.86. The quantitative estimate of drug-likeness (QED) is 0.486. The predicted octanol–water partition coefficient (Wildman–Crippen LogP) is -0.259. The Morgan fingerprint density at radius 2 is 2.00 bits per heavy atom. The van der Waals surface area contributed by atoms with Crippen molar-refractivity contribution in [2.45, 2.75) is 6.42 Å². The number of hydrogen-bond donors (Lipinski definition) is 1. The highest BCUT2D eigenvalue weighted by atomic mass is 16.4. The van der Waals surface area contributed by atoms with Crippen molar-refractivity contribution in [3.8, 4) is 0 Å². The van der Waals surface area contributed by atoms with Gasteiger partial charge in [-0.1, -0.05) is 0 Å². The lowest BCUT2D eigenvalue weighted by molar-refractivity contribution is -0.139. The van der Waals surface area contributed by atoms with Crippen LogP contribution in [0.2, 0.25) is 0 Å². The molecule has 0 aliphatic heterocycles. The first-order chi connectivity index (χ1) is 3.13. The Morgan fingerprint density at radius 1 is 1.57 bits per heavy atom. The summed E-state index contributed by atoms with van der Waals surface area (Å²) >= 11 is 0. The highest BCUT2D eigenvalue weighted by molar-refractivity contribution is 5.96. The normalized spacial score (nSPS) is 8.14. The van der Waals surface area contributed by atoms with Crippen LogP contribution in [-0.2, 0) is 9.59 Å².